The summed E-state index contributed by atoms with van der Waals surface area (Å²) in [5.74, 6) is -0.131. The molecule has 2 N–H and O–H groups in total. The van der Waals surface area contributed by atoms with E-state index in [9.17, 15) is 4.79 Å². The fourth-order valence-corrected chi connectivity index (χ4v) is 2.19. The van der Waals surface area contributed by atoms with Crippen LogP contribution >= 0.6 is 0 Å². The number of carbonyl (C=O) groups excluding carboxylic acids is 1. The van der Waals surface area contributed by atoms with E-state index < -0.39 is 0 Å². The van der Waals surface area contributed by atoms with Gasteiger partial charge >= 0.3 is 0 Å². The summed E-state index contributed by atoms with van der Waals surface area (Å²) in [6.45, 7) is -0.0455. The second-order valence-electron chi connectivity index (χ2n) is 4.78. The van der Waals surface area contributed by atoms with Crippen molar-refractivity contribution in [3.63, 3.8) is 0 Å². The Kier molecular flexibility index (Phi) is 3.66. The number of aliphatic hydroxyl groups is 1. The molecule has 1 aromatic carbocycles. The van der Waals surface area contributed by atoms with Crippen molar-refractivity contribution in [2.45, 2.75) is 13.0 Å². The highest BCUT2D eigenvalue weighted by Crippen LogP contribution is 2.12. The van der Waals surface area contributed by atoms with Crippen molar-refractivity contribution in [2.75, 3.05) is 5.32 Å². The highest BCUT2D eigenvalue weighted by Gasteiger charge is 2.08. The van der Waals surface area contributed by atoms with Gasteiger partial charge in [-0.2, -0.15) is 0 Å². The number of aromatic nitrogens is 2. The first-order valence-corrected chi connectivity index (χ1v) is 6.67. The van der Waals surface area contributed by atoms with Gasteiger partial charge in [-0.05, 0) is 29.8 Å². The van der Waals surface area contributed by atoms with Gasteiger partial charge in [-0.25, -0.2) is 4.98 Å². The van der Waals surface area contributed by atoms with E-state index in [2.05, 4.69) is 10.3 Å². The maximum atomic E-state index is 12.0. The average Bonchev–Trinajstić information content (AvgIpc) is 2.89. The molecule has 0 aliphatic rings. The van der Waals surface area contributed by atoms with E-state index in [4.69, 9.17) is 5.11 Å². The number of aliphatic hydroxyl groups excluding tert-OH is 1. The first-order chi connectivity index (χ1) is 10.2. The zero-order valence-corrected chi connectivity index (χ0v) is 11.4. The van der Waals surface area contributed by atoms with Gasteiger partial charge in [-0.15, -0.1) is 0 Å². The standard InChI is InChI=1S/C16H15N3O2/c20-11-12-4-3-5-13(8-12)18-16(21)9-14-10-19-7-2-1-6-15(19)17-14/h1-8,10,20H,9,11H2,(H,18,21). The van der Waals surface area contributed by atoms with Crippen molar-refractivity contribution in [1.29, 1.82) is 0 Å². The third-order valence-corrected chi connectivity index (χ3v) is 3.15. The molecule has 2 aromatic heterocycles. The summed E-state index contributed by atoms with van der Waals surface area (Å²) >= 11 is 0. The third kappa shape index (κ3) is 3.09. The molecule has 0 saturated heterocycles. The molecule has 0 atom stereocenters. The minimum Gasteiger partial charge on any atom is -0.392 e. The van der Waals surface area contributed by atoms with Crippen LogP contribution in [0.2, 0.25) is 0 Å². The first kappa shape index (κ1) is 13.3. The molecule has 0 bridgehead atoms. The van der Waals surface area contributed by atoms with Crippen molar-refractivity contribution < 1.29 is 9.90 Å². The number of pyridine rings is 1. The van der Waals surface area contributed by atoms with Crippen molar-refractivity contribution in [2.24, 2.45) is 0 Å². The van der Waals surface area contributed by atoms with Crippen molar-refractivity contribution in [3.8, 4) is 0 Å². The molecule has 3 rings (SSSR count). The minimum absolute atomic E-state index is 0.0455. The second kappa shape index (κ2) is 5.76. The number of fused-ring (bicyclic) bond motifs is 1. The summed E-state index contributed by atoms with van der Waals surface area (Å²) in [7, 11) is 0. The average molecular weight is 281 g/mol. The Morgan fingerprint density at radius 3 is 2.95 bits per heavy atom. The Balaban J connectivity index is 1.70. The van der Waals surface area contributed by atoms with Crippen LogP contribution in [0.4, 0.5) is 5.69 Å². The van der Waals surface area contributed by atoms with E-state index in [1.54, 1.807) is 24.3 Å². The molecule has 3 aromatic rings. The van der Waals surface area contributed by atoms with E-state index >= 15 is 0 Å². The van der Waals surface area contributed by atoms with Gasteiger partial charge in [0.25, 0.3) is 0 Å². The number of nitrogens with zero attached hydrogens (tertiary/aromatic N) is 2. The van der Waals surface area contributed by atoms with E-state index in [-0.39, 0.29) is 18.9 Å². The van der Waals surface area contributed by atoms with Crippen LogP contribution in [-0.4, -0.2) is 20.4 Å². The Morgan fingerprint density at radius 2 is 2.14 bits per heavy atom. The van der Waals surface area contributed by atoms with Crippen LogP contribution in [-0.2, 0) is 17.8 Å². The zero-order chi connectivity index (χ0) is 14.7. The molecular formula is C16H15N3O2. The highest BCUT2D eigenvalue weighted by atomic mass is 16.3. The van der Waals surface area contributed by atoms with Crippen LogP contribution in [0.1, 0.15) is 11.3 Å². The van der Waals surface area contributed by atoms with Gasteiger partial charge in [0.05, 0.1) is 18.7 Å². The summed E-state index contributed by atoms with van der Waals surface area (Å²) in [4.78, 5) is 16.4. The summed E-state index contributed by atoms with van der Waals surface area (Å²) in [5.41, 5.74) is 2.98. The number of carbonyl (C=O) groups is 1. The van der Waals surface area contributed by atoms with Gasteiger partial charge in [0.1, 0.15) is 5.65 Å². The lowest BCUT2D eigenvalue weighted by Gasteiger charge is -2.05. The highest BCUT2D eigenvalue weighted by molar-refractivity contribution is 5.92. The first-order valence-electron chi connectivity index (χ1n) is 6.67. The van der Waals surface area contributed by atoms with E-state index in [1.165, 1.54) is 0 Å². The van der Waals surface area contributed by atoms with Crippen LogP contribution in [0.25, 0.3) is 5.65 Å². The number of hydrogen-bond acceptors (Lipinski definition) is 3. The predicted octanol–water partition coefficient (Wildman–Crippen LogP) is 2.01. The van der Waals surface area contributed by atoms with Gasteiger partial charge in [-0.3, -0.25) is 4.79 Å². The number of benzene rings is 1. The normalized spacial score (nSPS) is 10.7. The van der Waals surface area contributed by atoms with Gasteiger partial charge in [0.15, 0.2) is 0 Å². The van der Waals surface area contributed by atoms with Crippen LogP contribution in [0.15, 0.2) is 54.9 Å². The molecule has 0 spiro atoms. The van der Waals surface area contributed by atoms with E-state index in [0.29, 0.717) is 5.69 Å². The third-order valence-electron chi connectivity index (χ3n) is 3.15. The predicted molar refractivity (Wildman–Crippen MR) is 79.9 cm³/mol. The molecule has 0 aliphatic heterocycles. The molecule has 106 valence electrons. The number of imidazole rings is 1. The van der Waals surface area contributed by atoms with Crippen molar-refractivity contribution in [3.05, 3.63) is 66.1 Å². The smallest absolute Gasteiger partial charge is 0.230 e. The van der Waals surface area contributed by atoms with Gasteiger partial charge in [0, 0.05) is 18.1 Å². The fourth-order valence-electron chi connectivity index (χ4n) is 2.19. The maximum Gasteiger partial charge on any atom is 0.230 e. The molecule has 5 nitrogen and oxygen atoms in total. The minimum atomic E-state index is -0.131. The van der Waals surface area contributed by atoms with Crippen molar-refractivity contribution >= 4 is 17.2 Å². The monoisotopic (exact) mass is 281 g/mol. The van der Waals surface area contributed by atoms with Gasteiger partial charge in [-0.1, -0.05) is 18.2 Å². The quantitative estimate of drug-likeness (QED) is 0.768. The molecule has 0 aliphatic carbocycles. The van der Waals surface area contributed by atoms with Crippen LogP contribution in [0, 0.1) is 0 Å². The zero-order valence-electron chi connectivity index (χ0n) is 11.4. The molecule has 0 radical (unpaired) electrons. The van der Waals surface area contributed by atoms with E-state index in [1.807, 2.05) is 35.0 Å². The van der Waals surface area contributed by atoms with Crippen LogP contribution < -0.4 is 5.32 Å². The van der Waals surface area contributed by atoms with Gasteiger partial charge < -0.3 is 14.8 Å². The van der Waals surface area contributed by atoms with Crippen molar-refractivity contribution in [1.82, 2.24) is 9.38 Å². The Hall–Kier alpha value is -2.66. The number of rotatable bonds is 4. The summed E-state index contributed by atoms with van der Waals surface area (Å²) < 4.78 is 1.88. The lowest BCUT2D eigenvalue weighted by atomic mass is 10.2. The summed E-state index contributed by atoms with van der Waals surface area (Å²) in [5, 5.41) is 11.9. The topological polar surface area (TPSA) is 66.6 Å². The SMILES string of the molecule is O=C(Cc1cn2ccccc2n1)Nc1cccc(CO)c1. The molecule has 1 amide bonds. The Bertz CT molecular complexity index is 747. The molecule has 5 heteroatoms. The fraction of sp³-hybridized carbons (Fsp3) is 0.125. The van der Waals surface area contributed by atoms with Crippen LogP contribution in [0.5, 0.6) is 0 Å². The second-order valence-corrected chi connectivity index (χ2v) is 4.78. The number of anilines is 1. The largest absolute Gasteiger partial charge is 0.392 e. The molecule has 0 unspecified atom stereocenters. The maximum absolute atomic E-state index is 12.0. The molecule has 0 saturated carbocycles. The number of hydrogen-bond donors (Lipinski definition) is 2. The molecule has 0 fully saturated rings. The van der Waals surface area contributed by atoms with Crippen LogP contribution in [0.3, 0.4) is 0 Å². The summed E-state index contributed by atoms with van der Waals surface area (Å²) in [6, 6.07) is 12.9. The van der Waals surface area contributed by atoms with Gasteiger partial charge in [0.2, 0.25) is 5.91 Å². The molecule has 2 heterocycles. The lowest BCUT2D eigenvalue weighted by Crippen LogP contribution is -2.14. The number of amides is 1. The molecular weight excluding hydrogens is 266 g/mol. The Labute approximate surface area is 121 Å². The summed E-state index contributed by atoms with van der Waals surface area (Å²) in [6.07, 6.45) is 3.96. The lowest BCUT2D eigenvalue weighted by molar-refractivity contribution is -0.115. The van der Waals surface area contributed by atoms with E-state index in [0.717, 1.165) is 16.9 Å². The number of nitrogens with one attached hydrogen (secondary N) is 1. The Morgan fingerprint density at radius 1 is 1.24 bits per heavy atom. The molecule has 21 heavy (non-hydrogen) atoms.